The molecule has 0 bridgehead atoms. The van der Waals surface area contributed by atoms with Crippen molar-refractivity contribution in [3.63, 3.8) is 0 Å². The number of carbonyl (C=O) groups is 2. The molecule has 1 saturated heterocycles. The smallest absolute Gasteiger partial charge is 0.314 e. The van der Waals surface area contributed by atoms with Crippen molar-refractivity contribution in [1.82, 2.24) is 4.31 Å². The van der Waals surface area contributed by atoms with Crippen LogP contribution < -0.4 is 5.32 Å². The van der Waals surface area contributed by atoms with Gasteiger partial charge in [0.15, 0.2) is 0 Å². The minimum Gasteiger partial charge on any atom is -0.460 e. The summed E-state index contributed by atoms with van der Waals surface area (Å²) < 4.78 is 51.0. The maximum Gasteiger partial charge on any atom is 0.314 e. The number of anilines is 1. The average molecular weight is 448 g/mol. The van der Waals surface area contributed by atoms with Gasteiger partial charge in [0.05, 0.1) is 24.0 Å². The Morgan fingerprint density at radius 3 is 2.74 bits per heavy atom. The van der Waals surface area contributed by atoms with Gasteiger partial charge in [-0.15, -0.1) is 0 Å². The van der Waals surface area contributed by atoms with E-state index in [0.717, 1.165) is 6.07 Å². The van der Waals surface area contributed by atoms with Crippen LogP contribution in [-0.2, 0) is 35.7 Å². The third-order valence-electron chi connectivity index (χ3n) is 5.23. The summed E-state index contributed by atoms with van der Waals surface area (Å²) in [4.78, 5) is 24.7. The largest absolute Gasteiger partial charge is 0.460 e. The number of nitrogens with one attached hydrogen (secondary N) is 1. The van der Waals surface area contributed by atoms with E-state index in [1.54, 1.807) is 12.1 Å². The highest BCUT2D eigenvalue weighted by Gasteiger charge is 2.32. The molecule has 1 atom stereocenters. The number of sulfonamides is 1. The molecule has 2 aromatic rings. The van der Waals surface area contributed by atoms with Crippen molar-refractivity contribution in [3.05, 3.63) is 59.4 Å². The maximum absolute atomic E-state index is 13.5. The fourth-order valence-corrected chi connectivity index (χ4v) is 5.11. The lowest BCUT2D eigenvalue weighted by Crippen LogP contribution is -2.40. The van der Waals surface area contributed by atoms with E-state index >= 15 is 0 Å². The van der Waals surface area contributed by atoms with E-state index in [-0.39, 0.29) is 36.7 Å². The van der Waals surface area contributed by atoms with Crippen LogP contribution in [0.4, 0.5) is 10.1 Å². The molecule has 0 unspecified atom stereocenters. The predicted octanol–water partition coefficient (Wildman–Crippen LogP) is 2.02. The summed E-state index contributed by atoms with van der Waals surface area (Å²) in [6.07, 6.45) is -0.108. The van der Waals surface area contributed by atoms with E-state index in [4.69, 9.17) is 9.47 Å². The molecule has 2 aromatic carbocycles. The molecule has 0 radical (unpaired) electrons. The predicted molar refractivity (Wildman–Crippen MR) is 108 cm³/mol. The van der Waals surface area contributed by atoms with Crippen LogP contribution in [-0.4, -0.2) is 50.9 Å². The molecule has 2 aliphatic heterocycles. The molecule has 10 heteroatoms. The third kappa shape index (κ3) is 4.60. The Morgan fingerprint density at radius 2 is 1.97 bits per heavy atom. The quantitative estimate of drug-likeness (QED) is 0.703. The van der Waals surface area contributed by atoms with E-state index in [0.29, 0.717) is 24.3 Å². The number of hydrogen-bond donors (Lipinski definition) is 1. The number of amides is 1. The van der Waals surface area contributed by atoms with E-state index in [2.05, 4.69) is 5.32 Å². The Balaban J connectivity index is 1.47. The number of rotatable bonds is 5. The summed E-state index contributed by atoms with van der Waals surface area (Å²) >= 11 is 0. The van der Waals surface area contributed by atoms with Gasteiger partial charge < -0.3 is 14.8 Å². The van der Waals surface area contributed by atoms with Crippen LogP contribution in [0.1, 0.15) is 23.5 Å². The number of morpholine rings is 1. The van der Waals surface area contributed by atoms with Gasteiger partial charge in [-0.05, 0) is 35.4 Å². The second-order valence-corrected chi connectivity index (χ2v) is 9.25. The molecule has 2 aliphatic rings. The highest BCUT2D eigenvalue weighted by atomic mass is 32.2. The maximum atomic E-state index is 13.5. The second kappa shape index (κ2) is 8.74. The van der Waals surface area contributed by atoms with Crippen LogP contribution in [0.5, 0.6) is 0 Å². The number of halogens is 1. The molecule has 31 heavy (non-hydrogen) atoms. The minimum atomic E-state index is -3.67. The molecule has 2 heterocycles. The van der Waals surface area contributed by atoms with Gasteiger partial charge in [0, 0.05) is 25.2 Å². The van der Waals surface area contributed by atoms with Crippen molar-refractivity contribution in [2.24, 2.45) is 0 Å². The van der Waals surface area contributed by atoms with Gasteiger partial charge in [0.1, 0.15) is 12.4 Å². The summed E-state index contributed by atoms with van der Waals surface area (Å²) in [5.74, 6) is -2.42. The number of esters is 1. The zero-order chi connectivity index (χ0) is 22.0. The van der Waals surface area contributed by atoms with Crippen LogP contribution >= 0.6 is 0 Å². The van der Waals surface area contributed by atoms with Crippen LogP contribution in [0.15, 0.2) is 47.4 Å². The Kier molecular flexibility index (Phi) is 6.03. The summed E-state index contributed by atoms with van der Waals surface area (Å²) in [5, 5.41) is 2.55. The van der Waals surface area contributed by atoms with Gasteiger partial charge >= 0.3 is 5.97 Å². The Bertz CT molecular complexity index is 1110. The first-order chi connectivity index (χ1) is 14.8. The molecular weight excluding hydrogens is 427 g/mol. The Morgan fingerprint density at radius 1 is 1.19 bits per heavy atom. The number of benzene rings is 2. The average Bonchev–Trinajstić information content (AvgIpc) is 2.77. The molecule has 0 spiro atoms. The SMILES string of the molecule is O=C1C[C@H](C(=O)OCc2cccc(S(=O)(=O)N3CCOCC3)c2)c2ccc(F)cc2N1. The zero-order valence-corrected chi connectivity index (χ0v) is 17.4. The second-order valence-electron chi connectivity index (χ2n) is 7.31. The third-order valence-corrected chi connectivity index (χ3v) is 7.12. The molecule has 0 aromatic heterocycles. The van der Waals surface area contributed by atoms with Gasteiger partial charge in [0.25, 0.3) is 0 Å². The lowest BCUT2D eigenvalue weighted by molar-refractivity contribution is -0.148. The number of hydrogen-bond acceptors (Lipinski definition) is 6. The number of ether oxygens (including phenoxy) is 2. The van der Waals surface area contributed by atoms with Crippen LogP contribution in [0.2, 0.25) is 0 Å². The molecule has 1 fully saturated rings. The molecule has 0 saturated carbocycles. The summed E-state index contributed by atoms with van der Waals surface area (Å²) in [6.45, 7) is 1.10. The molecule has 164 valence electrons. The summed E-state index contributed by atoms with van der Waals surface area (Å²) in [5.41, 5.74) is 1.23. The van der Waals surface area contributed by atoms with Crippen molar-refractivity contribution in [3.8, 4) is 0 Å². The van der Waals surface area contributed by atoms with Crippen molar-refractivity contribution in [2.75, 3.05) is 31.6 Å². The van der Waals surface area contributed by atoms with E-state index in [1.165, 1.54) is 28.6 Å². The van der Waals surface area contributed by atoms with Crippen molar-refractivity contribution >= 4 is 27.6 Å². The first-order valence-electron chi connectivity index (χ1n) is 9.77. The van der Waals surface area contributed by atoms with E-state index in [9.17, 15) is 22.4 Å². The van der Waals surface area contributed by atoms with E-state index < -0.39 is 33.6 Å². The molecule has 8 nitrogen and oxygen atoms in total. The summed E-state index contributed by atoms with van der Waals surface area (Å²) in [7, 11) is -3.67. The molecule has 1 amide bonds. The fraction of sp³-hybridized carbons (Fsp3) is 0.333. The lowest BCUT2D eigenvalue weighted by atomic mass is 9.90. The Hall–Kier alpha value is -2.82. The lowest BCUT2D eigenvalue weighted by Gasteiger charge is -2.26. The van der Waals surface area contributed by atoms with Gasteiger partial charge in [-0.25, -0.2) is 12.8 Å². The highest BCUT2D eigenvalue weighted by Crippen LogP contribution is 2.33. The molecular formula is C21H21FN2O6S. The standard InChI is InChI=1S/C21H21FN2O6S/c22-15-4-5-17-18(12-20(25)23-19(17)11-15)21(26)30-13-14-2-1-3-16(10-14)31(27,28)24-6-8-29-9-7-24/h1-5,10-11,18H,6-9,12-13H2,(H,23,25)/t18-/m0/s1. The number of fused-ring (bicyclic) bond motifs is 1. The molecule has 1 N–H and O–H groups in total. The van der Waals surface area contributed by atoms with Crippen molar-refractivity contribution < 1.29 is 31.9 Å². The topological polar surface area (TPSA) is 102 Å². The van der Waals surface area contributed by atoms with Gasteiger partial charge in [-0.2, -0.15) is 4.31 Å². The number of nitrogens with zero attached hydrogens (tertiary/aromatic N) is 1. The zero-order valence-electron chi connectivity index (χ0n) is 16.5. The first-order valence-corrected chi connectivity index (χ1v) is 11.2. The van der Waals surface area contributed by atoms with Crippen LogP contribution in [0.3, 0.4) is 0 Å². The van der Waals surface area contributed by atoms with E-state index in [1.807, 2.05) is 0 Å². The minimum absolute atomic E-state index is 0.108. The van der Waals surface area contributed by atoms with Gasteiger partial charge in [-0.1, -0.05) is 18.2 Å². The first kappa shape index (κ1) is 21.4. The fourth-order valence-electron chi connectivity index (χ4n) is 3.63. The Labute approximate surface area is 179 Å². The van der Waals surface area contributed by atoms with Crippen LogP contribution in [0.25, 0.3) is 0 Å². The number of carbonyl (C=O) groups excluding carboxylic acids is 2. The van der Waals surface area contributed by atoms with Crippen molar-refractivity contribution in [2.45, 2.75) is 23.8 Å². The molecule has 0 aliphatic carbocycles. The molecule has 4 rings (SSSR count). The monoisotopic (exact) mass is 448 g/mol. The van der Waals surface area contributed by atoms with Crippen molar-refractivity contribution in [1.29, 1.82) is 0 Å². The normalized spacial score (nSPS) is 19.4. The van der Waals surface area contributed by atoms with Gasteiger partial charge in [0.2, 0.25) is 15.9 Å². The van der Waals surface area contributed by atoms with Gasteiger partial charge in [-0.3, -0.25) is 9.59 Å². The van der Waals surface area contributed by atoms with Crippen LogP contribution in [0, 0.1) is 5.82 Å². The summed E-state index contributed by atoms with van der Waals surface area (Å²) in [6, 6.07) is 10.0. The highest BCUT2D eigenvalue weighted by molar-refractivity contribution is 7.89.